The third kappa shape index (κ3) is 2.54. The molecule has 2 rings (SSSR count). The van der Waals surface area contributed by atoms with Crippen LogP contribution in [0.25, 0.3) is 0 Å². The van der Waals surface area contributed by atoms with E-state index in [9.17, 15) is 4.79 Å². The van der Waals surface area contributed by atoms with Gasteiger partial charge >= 0.3 is 0 Å². The molecule has 17 heavy (non-hydrogen) atoms. The van der Waals surface area contributed by atoms with Crippen LogP contribution in [-0.2, 0) is 10.3 Å². The number of hydrogen-bond acceptors (Lipinski definition) is 2. The summed E-state index contributed by atoms with van der Waals surface area (Å²) in [5.41, 5.74) is 0.477. The third-order valence-corrected chi connectivity index (χ3v) is 3.36. The molecule has 1 amide bonds. The lowest BCUT2D eigenvalue weighted by Crippen LogP contribution is -2.34. The topological polar surface area (TPSA) is 52.9 Å². The van der Waals surface area contributed by atoms with Gasteiger partial charge in [0.25, 0.3) is 0 Å². The highest BCUT2D eigenvalue weighted by Gasteiger charge is 2.46. The number of carbonyl (C=O) groups excluding carboxylic acids is 1. The van der Waals surface area contributed by atoms with Crippen LogP contribution in [-0.4, -0.2) is 5.91 Å². The van der Waals surface area contributed by atoms with Crippen LogP contribution < -0.4 is 5.32 Å². The zero-order valence-electron chi connectivity index (χ0n) is 8.96. The number of carbonyl (C=O) groups is 1. The van der Waals surface area contributed by atoms with Crippen LogP contribution in [0.1, 0.15) is 24.8 Å². The first-order valence-electron chi connectivity index (χ1n) is 5.21. The Hall–Kier alpha value is -1.24. The Morgan fingerprint density at radius 1 is 1.47 bits per heavy atom. The van der Waals surface area contributed by atoms with E-state index >= 15 is 0 Å². The monoisotopic (exact) mass is 268 g/mol. The Labute approximate surface area is 109 Å². The van der Waals surface area contributed by atoms with Crippen molar-refractivity contribution in [1.82, 2.24) is 5.32 Å². The fourth-order valence-electron chi connectivity index (χ4n) is 1.85. The van der Waals surface area contributed by atoms with E-state index < -0.39 is 5.54 Å². The van der Waals surface area contributed by atoms with Crippen LogP contribution in [0.15, 0.2) is 18.2 Å². The second-order valence-electron chi connectivity index (χ2n) is 4.09. The zero-order valence-corrected chi connectivity index (χ0v) is 10.5. The van der Waals surface area contributed by atoms with E-state index in [1.54, 1.807) is 12.1 Å². The molecule has 1 N–H and O–H groups in total. The number of nitrogens with one attached hydrogen (secondary N) is 1. The molecule has 1 fully saturated rings. The highest BCUT2D eigenvalue weighted by molar-refractivity contribution is 6.35. The number of nitrogens with zero attached hydrogens (tertiary/aromatic N) is 1. The fourth-order valence-corrected chi connectivity index (χ4v) is 2.44. The molecule has 0 atom stereocenters. The highest BCUT2D eigenvalue weighted by atomic mass is 35.5. The summed E-state index contributed by atoms with van der Waals surface area (Å²) < 4.78 is 0. The average molecular weight is 269 g/mol. The van der Waals surface area contributed by atoms with E-state index in [2.05, 4.69) is 5.32 Å². The summed E-state index contributed by atoms with van der Waals surface area (Å²) in [5, 5.41) is 12.4. The Morgan fingerprint density at radius 2 is 2.18 bits per heavy atom. The number of halogens is 2. The maximum absolute atomic E-state index is 11.4. The van der Waals surface area contributed by atoms with Crippen molar-refractivity contribution in [2.45, 2.75) is 24.8 Å². The van der Waals surface area contributed by atoms with E-state index in [0.29, 0.717) is 10.0 Å². The van der Waals surface area contributed by atoms with Gasteiger partial charge in [0, 0.05) is 10.0 Å². The number of rotatable bonds is 3. The molecule has 1 aliphatic rings. The van der Waals surface area contributed by atoms with Gasteiger partial charge in [-0.1, -0.05) is 29.3 Å². The summed E-state index contributed by atoms with van der Waals surface area (Å²) >= 11 is 11.9. The Bertz CT molecular complexity index is 504. The van der Waals surface area contributed by atoms with Gasteiger partial charge in [0.15, 0.2) is 0 Å². The summed E-state index contributed by atoms with van der Waals surface area (Å²) in [7, 11) is 0. The van der Waals surface area contributed by atoms with E-state index in [1.165, 1.54) is 0 Å². The maximum atomic E-state index is 11.4. The zero-order chi connectivity index (χ0) is 12.5. The van der Waals surface area contributed by atoms with Crippen molar-refractivity contribution in [2.24, 2.45) is 0 Å². The average Bonchev–Trinajstić information content (AvgIpc) is 2.98. The van der Waals surface area contributed by atoms with Gasteiger partial charge in [-0.2, -0.15) is 5.26 Å². The van der Waals surface area contributed by atoms with Crippen molar-refractivity contribution in [2.75, 3.05) is 0 Å². The van der Waals surface area contributed by atoms with Crippen LogP contribution >= 0.6 is 23.2 Å². The Kier molecular flexibility index (Phi) is 3.28. The van der Waals surface area contributed by atoms with Crippen LogP contribution in [0.4, 0.5) is 0 Å². The molecule has 0 aliphatic heterocycles. The SMILES string of the molecule is N#CCC(=O)NC1(c2ccc(Cl)cc2Cl)CC1. The standard InChI is InChI=1S/C12H10Cl2N2O/c13-8-1-2-9(10(14)7-8)12(4-5-12)16-11(17)3-6-15/h1-2,7H,3-5H2,(H,16,17). The van der Waals surface area contributed by atoms with Crippen molar-refractivity contribution in [3.05, 3.63) is 33.8 Å². The minimum atomic E-state index is -0.393. The third-order valence-electron chi connectivity index (χ3n) is 2.82. The molecule has 0 saturated heterocycles. The molecule has 0 spiro atoms. The lowest BCUT2D eigenvalue weighted by molar-refractivity contribution is -0.121. The molecule has 0 aromatic heterocycles. The number of hydrogen-bond donors (Lipinski definition) is 1. The summed E-state index contributed by atoms with van der Waals surface area (Å²) in [5.74, 6) is -0.268. The molecular formula is C12H10Cl2N2O. The molecule has 1 saturated carbocycles. The second-order valence-corrected chi connectivity index (χ2v) is 4.93. The van der Waals surface area contributed by atoms with Crippen molar-refractivity contribution >= 4 is 29.1 Å². The highest BCUT2D eigenvalue weighted by Crippen LogP contribution is 2.48. The van der Waals surface area contributed by atoms with Crippen LogP contribution in [0.3, 0.4) is 0 Å². The van der Waals surface area contributed by atoms with Crippen molar-refractivity contribution in [3.63, 3.8) is 0 Å². The molecule has 0 radical (unpaired) electrons. The molecule has 88 valence electrons. The van der Waals surface area contributed by atoms with Crippen LogP contribution in [0.5, 0.6) is 0 Å². The largest absolute Gasteiger partial charge is 0.346 e. The van der Waals surface area contributed by atoms with Gasteiger partial charge in [0.05, 0.1) is 11.6 Å². The smallest absolute Gasteiger partial charge is 0.234 e. The van der Waals surface area contributed by atoms with Gasteiger partial charge in [0.2, 0.25) is 5.91 Å². The van der Waals surface area contributed by atoms with Gasteiger partial charge in [-0.05, 0) is 30.5 Å². The maximum Gasteiger partial charge on any atom is 0.234 e. The van der Waals surface area contributed by atoms with Gasteiger partial charge in [-0.25, -0.2) is 0 Å². The predicted molar refractivity (Wildman–Crippen MR) is 65.7 cm³/mol. The fraction of sp³-hybridized carbons (Fsp3) is 0.333. The number of amides is 1. The minimum absolute atomic E-state index is 0.132. The Balaban J connectivity index is 2.21. The summed E-state index contributed by atoms with van der Waals surface area (Å²) in [6.45, 7) is 0. The minimum Gasteiger partial charge on any atom is -0.346 e. The van der Waals surface area contributed by atoms with E-state index in [4.69, 9.17) is 28.5 Å². The molecule has 5 heteroatoms. The lowest BCUT2D eigenvalue weighted by Gasteiger charge is -2.18. The van der Waals surface area contributed by atoms with Crippen molar-refractivity contribution in [3.8, 4) is 6.07 Å². The summed E-state index contributed by atoms with van der Waals surface area (Å²) in [6.07, 6.45) is 1.55. The predicted octanol–water partition coefficient (Wildman–Crippen LogP) is 3.01. The lowest BCUT2D eigenvalue weighted by atomic mass is 10.0. The molecule has 0 unspecified atom stereocenters. The second kappa shape index (κ2) is 4.56. The molecule has 1 aromatic rings. The molecule has 0 heterocycles. The van der Waals surface area contributed by atoms with Gasteiger partial charge in [0.1, 0.15) is 6.42 Å². The molecule has 0 bridgehead atoms. The van der Waals surface area contributed by atoms with Crippen molar-refractivity contribution in [1.29, 1.82) is 5.26 Å². The van der Waals surface area contributed by atoms with Gasteiger partial charge in [-0.3, -0.25) is 4.79 Å². The van der Waals surface area contributed by atoms with E-state index in [-0.39, 0.29) is 12.3 Å². The van der Waals surface area contributed by atoms with Crippen LogP contribution in [0, 0.1) is 11.3 Å². The Morgan fingerprint density at radius 3 is 2.71 bits per heavy atom. The van der Waals surface area contributed by atoms with Gasteiger partial charge in [-0.15, -0.1) is 0 Å². The first kappa shape index (κ1) is 12.2. The first-order valence-corrected chi connectivity index (χ1v) is 5.96. The van der Waals surface area contributed by atoms with Gasteiger partial charge < -0.3 is 5.32 Å². The molecule has 1 aliphatic carbocycles. The number of nitriles is 1. The molecular weight excluding hydrogens is 259 g/mol. The van der Waals surface area contributed by atoms with Crippen molar-refractivity contribution < 1.29 is 4.79 Å². The summed E-state index contributed by atoms with van der Waals surface area (Å²) in [4.78, 5) is 11.4. The first-order chi connectivity index (χ1) is 8.07. The molecule has 3 nitrogen and oxygen atoms in total. The normalized spacial score (nSPS) is 16.1. The molecule has 1 aromatic carbocycles. The number of benzene rings is 1. The van der Waals surface area contributed by atoms with E-state index in [1.807, 2.05) is 12.1 Å². The van der Waals surface area contributed by atoms with Crippen LogP contribution in [0.2, 0.25) is 10.0 Å². The quantitative estimate of drug-likeness (QED) is 0.916. The summed E-state index contributed by atoms with van der Waals surface area (Å²) in [6, 6.07) is 7.06. The van der Waals surface area contributed by atoms with E-state index in [0.717, 1.165) is 18.4 Å².